The van der Waals surface area contributed by atoms with Crippen LogP contribution in [0.4, 0.5) is 0 Å². The lowest BCUT2D eigenvalue weighted by Crippen LogP contribution is -2.41. The minimum absolute atomic E-state index is 0.361. The van der Waals surface area contributed by atoms with Crippen molar-refractivity contribution < 1.29 is 14.3 Å². The highest BCUT2D eigenvalue weighted by molar-refractivity contribution is 5.99. The molecule has 2 rings (SSSR count). The van der Waals surface area contributed by atoms with Crippen molar-refractivity contribution in [3.63, 3.8) is 0 Å². The molecule has 0 saturated heterocycles. The molecule has 2 amide bonds. The lowest BCUT2D eigenvalue weighted by atomic mass is 10.1. The van der Waals surface area contributed by atoms with Gasteiger partial charge in [0.15, 0.2) is 0 Å². The van der Waals surface area contributed by atoms with Gasteiger partial charge < -0.3 is 4.74 Å². The van der Waals surface area contributed by atoms with Gasteiger partial charge in [-0.1, -0.05) is 31.5 Å². The number of carbonyl (C=O) groups excluding carboxylic acids is 2. The van der Waals surface area contributed by atoms with Crippen LogP contribution in [0.1, 0.15) is 40.1 Å². The molecule has 0 unspecified atom stereocenters. The quantitative estimate of drug-likeness (QED) is 0.830. The maximum Gasteiger partial charge on any atom is 0.269 e. The summed E-state index contributed by atoms with van der Waals surface area (Å²) in [7, 11) is 0. The van der Waals surface area contributed by atoms with Crippen molar-refractivity contribution >= 4 is 11.8 Å². The molecule has 24 heavy (non-hydrogen) atoms. The van der Waals surface area contributed by atoms with Crippen LogP contribution in [0.2, 0.25) is 0 Å². The molecule has 5 heteroatoms. The zero-order chi connectivity index (χ0) is 17.5. The molecular formula is C19H22N2O3. The van der Waals surface area contributed by atoms with Crippen LogP contribution in [-0.2, 0) is 0 Å². The van der Waals surface area contributed by atoms with Gasteiger partial charge in [-0.2, -0.15) is 0 Å². The number of ether oxygens (including phenoxy) is 1. The summed E-state index contributed by atoms with van der Waals surface area (Å²) < 4.78 is 5.57. The number of hydrogen-bond donors (Lipinski definition) is 2. The number of nitrogens with one attached hydrogen (secondary N) is 2. The van der Waals surface area contributed by atoms with Crippen LogP contribution >= 0.6 is 0 Å². The Morgan fingerprint density at radius 1 is 0.875 bits per heavy atom. The predicted octanol–water partition coefficient (Wildman–Crippen LogP) is 3.10. The van der Waals surface area contributed by atoms with Gasteiger partial charge in [0.1, 0.15) is 5.75 Å². The minimum atomic E-state index is -0.383. The molecule has 0 atom stereocenters. The van der Waals surface area contributed by atoms with Crippen molar-refractivity contribution in [1.29, 1.82) is 0 Å². The predicted molar refractivity (Wildman–Crippen MR) is 92.9 cm³/mol. The highest BCUT2D eigenvalue weighted by Crippen LogP contribution is 2.13. The van der Waals surface area contributed by atoms with Crippen LogP contribution in [0.3, 0.4) is 0 Å². The number of benzene rings is 2. The van der Waals surface area contributed by atoms with Gasteiger partial charge in [0.2, 0.25) is 0 Å². The number of aryl methyl sites for hydroxylation is 1. The Bertz CT molecular complexity index is 692. The van der Waals surface area contributed by atoms with Gasteiger partial charge in [0.05, 0.1) is 6.61 Å². The van der Waals surface area contributed by atoms with Crippen molar-refractivity contribution in [3.8, 4) is 5.75 Å². The normalized spacial score (nSPS) is 10.3. The SMILES string of the molecule is Cc1ccc(C(=O)NNC(=O)c2ccc(OCC(C)C)cc2)cc1. The van der Waals surface area contributed by atoms with Gasteiger partial charge in [-0.15, -0.1) is 0 Å². The topological polar surface area (TPSA) is 67.4 Å². The second kappa shape index (κ2) is 8.15. The average Bonchev–Trinajstić information content (AvgIpc) is 2.58. The molecule has 2 aromatic rings. The lowest BCUT2D eigenvalue weighted by molar-refractivity contribution is 0.0846. The summed E-state index contributed by atoms with van der Waals surface area (Å²) in [4.78, 5) is 24.0. The minimum Gasteiger partial charge on any atom is -0.493 e. The molecule has 2 aromatic carbocycles. The van der Waals surface area contributed by atoms with Crippen molar-refractivity contribution in [1.82, 2.24) is 10.9 Å². The number of hydrogen-bond acceptors (Lipinski definition) is 3. The summed E-state index contributed by atoms with van der Waals surface area (Å²) in [6, 6.07) is 13.9. The van der Waals surface area contributed by atoms with Crippen LogP contribution in [0, 0.1) is 12.8 Å². The zero-order valence-electron chi connectivity index (χ0n) is 14.1. The summed E-state index contributed by atoms with van der Waals surface area (Å²) in [5.74, 6) is 0.403. The molecule has 0 aliphatic carbocycles. The number of amides is 2. The smallest absolute Gasteiger partial charge is 0.269 e. The van der Waals surface area contributed by atoms with Crippen LogP contribution in [0.15, 0.2) is 48.5 Å². The lowest BCUT2D eigenvalue weighted by Gasteiger charge is -2.10. The largest absolute Gasteiger partial charge is 0.493 e. The Balaban J connectivity index is 1.87. The van der Waals surface area contributed by atoms with E-state index in [1.807, 2.05) is 19.1 Å². The first kappa shape index (κ1) is 17.5. The average molecular weight is 326 g/mol. The van der Waals surface area contributed by atoms with Gasteiger partial charge in [0, 0.05) is 11.1 Å². The molecule has 2 N–H and O–H groups in total. The third-order valence-electron chi connectivity index (χ3n) is 3.30. The summed E-state index contributed by atoms with van der Waals surface area (Å²) in [6.45, 7) is 6.70. The first-order valence-corrected chi connectivity index (χ1v) is 7.86. The third kappa shape index (κ3) is 5.12. The second-order valence-electron chi connectivity index (χ2n) is 6.00. The molecule has 0 saturated carbocycles. The number of hydrazine groups is 1. The van der Waals surface area contributed by atoms with Crippen molar-refractivity contribution in [2.24, 2.45) is 5.92 Å². The summed E-state index contributed by atoms with van der Waals surface area (Å²) in [5, 5.41) is 0. The fourth-order valence-electron chi connectivity index (χ4n) is 1.93. The van der Waals surface area contributed by atoms with Gasteiger partial charge in [0.25, 0.3) is 11.8 Å². The fraction of sp³-hybridized carbons (Fsp3) is 0.263. The van der Waals surface area contributed by atoms with E-state index < -0.39 is 0 Å². The standard InChI is InChI=1S/C19H22N2O3/c1-13(2)12-24-17-10-8-16(9-11-17)19(23)21-20-18(22)15-6-4-14(3)5-7-15/h4-11,13H,12H2,1-3H3,(H,20,22)(H,21,23). The van der Waals surface area contributed by atoms with E-state index in [1.165, 1.54) is 0 Å². The van der Waals surface area contributed by atoms with E-state index in [4.69, 9.17) is 4.74 Å². The third-order valence-corrected chi connectivity index (χ3v) is 3.30. The molecule has 0 fully saturated rings. The van der Waals surface area contributed by atoms with Gasteiger partial charge in [-0.05, 0) is 49.2 Å². The van der Waals surface area contributed by atoms with Crippen molar-refractivity contribution in [3.05, 3.63) is 65.2 Å². The summed E-state index contributed by atoms with van der Waals surface area (Å²) >= 11 is 0. The van der Waals surface area contributed by atoms with Gasteiger partial charge in [-0.25, -0.2) is 0 Å². The summed E-state index contributed by atoms with van der Waals surface area (Å²) in [6.07, 6.45) is 0. The Kier molecular flexibility index (Phi) is 5.95. The van der Waals surface area contributed by atoms with Crippen LogP contribution in [-0.4, -0.2) is 18.4 Å². The van der Waals surface area contributed by atoms with E-state index in [2.05, 4.69) is 24.7 Å². The highest BCUT2D eigenvalue weighted by atomic mass is 16.5. The maximum atomic E-state index is 12.0. The van der Waals surface area contributed by atoms with E-state index in [1.54, 1.807) is 36.4 Å². The molecule has 0 spiro atoms. The molecule has 126 valence electrons. The molecule has 0 aliphatic rings. The van der Waals surface area contributed by atoms with Crippen LogP contribution in [0.5, 0.6) is 5.75 Å². The van der Waals surface area contributed by atoms with Crippen molar-refractivity contribution in [2.45, 2.75) is 20.8 Å². The van der Waals surface area contributed by atoms with E-state index in [9.17, 15) is 9.59 Å². The van der Waals surface area contributed by atoms with Crippen molar-refractivity contribution in [2.75, 3.05) is 6.61 Å². The Hall–Kier alpha value is -2.82. The Labute approximate surface area is 142 Å². The van der Waals surface area contributed by atoms with E-state index in [-0.39, 0.29) is 11.8 Å². The molecule has 0 radical (unpaired) electrons. The van der Waals surface area contributed by atoms with Crippen LogP contribution < -0.4 is 15.6 Å². The van der Waals surface area contributed by atoms with E-state index in [0.29, 0.717) is 29.4 Å². The van der Waals surface area contributed by atoms with Gasteiger partial charge >= 0.3 is 0 Å². The van der Waals surface area contributed by atoms with Crippen LogP contribution in [0.25, 0.3) is 0 Å². The molecule has 0 aliphatic heterocycles. The van der Waals surface area contributed by atoms with E-state index in [0.717, 1.165) is 5.56 Å². The zero-order valence-corrected chi connectivity index (χ0v) is 14.1. The first-order valence-electron chi connectivity index (χ1n) is 7.86. The molecule has 5 nitrogen and oxygen atoms in total. The number of rotatable bonds is 5. The summed E-state index contributed by atoms with van der Waals surface area (Å²) in [5.41, 5.74) is 6.79. The fourth-order valence-corrected chi connectivity index (χ4v) is 1.93. The number of carbonyl (C=O) groups is 2. The second-order valence-corrected chi connectivity index (χ2v) is 6.00. The van der Waals surface area contributed by atoms with E-state index >= 15 is 0 Å². The van der Waals surface area contributed by atoms with Gasteiger partial charge in [-0.3, -0.25) is 20.4 Å². The highest BCUT2D eigenvalue weighted by Gasteiger charge is 2.09. The molecule has 0 bridgehead atoms. The monoisotopic (exact) mass is 326 g/mol. The molecule has 0 aromatic heterocycles. The molecule has 0 heterocycles. The maximum absolute atomic E-state index is 12.0. The Morgan fingerprint density at radius 2 is 1.33 bits per heavy atom. The Morgan fingerprint density at radius 3 is 1.79 bits per heavy atom. The molecular weight excluding hydrogens is 304 g/mol. The first-order chi connectivity index (χ1) is 11.5.